The van der Waals surface area contributed by atoms with Crippen LogP contribution in [0.25, 0.3) is 0 Å². The van der Waals surface area contributed by atoms with Crippen molar-refractivity contribution in [2.24, 2.45) is 0 Å². The van der Waals surface area contributed by atoms with Crippen LogP contribution in [0, 0.1) is 0 Å². The van der Waals surface area contributed by atoms with Gasteiger partial charge in [0.2, 0.25) is 0 Å². The SMILES string of the molecule is CC1(C)OB(c2ccc(C(F)(F)F)cc2CO[Si](c2ccccc2)(c2ccccc2)C(C)(C)C)OC1(C)C. The molecule has 0 unspecified atom stereocenters. The van der Waals surface area contributed by atoms with Gasteiger partial charge in [-0.25, -0.2) is 0 Å². The van der Waals surface area contributed by atoms with Gasteiger partial charge in [-0.3, -0.25) is 0 Å². The van der Waals surface area contributed by atoms with E-state index in [4.69, 9.17) is 13.7 Å². The van der Waals surface area contributed by atoms with Crippen molar-refractivity contribution < 1.29 is 26.9 Å². The largest absolute Gasteiger partial charge is 0.495 e. The Labute approximate surface area is 225 Å². The topological polar surface area (TPSA) is 27.7 Å². The molecule has 1 heterocycles. The van der Waals surface area contributed by atoms with Gasteiger partial charge in [0.25, 0.3) is 8.32 Å². The molecular weight excluding hydrogens is 504 g/mol. The van der Waals surface area contributed by atoms with Crippen molar-refractivity contribution in [2.45, 2.75) is 77.5 Å². The quantitative estimate of drug-likeness (QED) is 0.355. The van der Waals surface area contributed by atoms with Gasteiger partial charge in [0.05, 0.1) is 23.4 Å². The molecule has 3 aromatic carbocycles. The minimum absolute atomic E-state index is 0.0173. The zero-order valence-corrected chi connectivity index (χ0v) is 24.1. The Balaban J connectivity index is 1.84. The lowest BCUT2D eigenvalue weighted by atomic mass is 9.75. The van der Waals surface area contributed by atoms with Crippen molar-refractivity contribution in [3.05, 3.63) is 90.0 Å². The fourth-order valence-corrected chi connectivity index (χ4v) is 9.58. The van der Waals surface area contributed by atoms with Gasteiger partial charge in [-0.1, -0.05) is 93.6 Å². The monoisotopic (exact) mass is 540 g/mol. The van der Waals surface area contributed by atoms with E-state index in [2.05, 4.69) is 45.0 Å². The molecule has 4 rings (SSSR count). The molecule has 0 amide bonds. The predicted octanol–water partition coefficient (Wildman–Crippen LogP) is 6.08. The molecule has 0 N–H and O–H groups in total. The maximum Gasteiger partial charge on any atom is 0.495 e. The van der Waals surface area contributed by atoms with Crippen LogP contribution in [-0.2, 0) is 26.5 Å². The predicted molar refractivity (Wildman–Crippen MR) is 150 cm³/mol. The first-order chi connectivity index (χ1) is 17.6. The molecule has 0 aromatic heterocycles. The molecule has 1 aliphatic rings. The maximum absolute atomic E-state index is 13.8. The molecule has 38 heavy (non-hydrogen) atoms. The van der Waals surface area contributed by atoms with E-state index in [1.165, 1.54) is 12.1 Å². The summed E-state index contributed by atoms with van der Waals surface area (Å²) in [6, 6.07) is 23.8. The van der Waals surface area contributed by atoms with E-state index in [9.17, 15) is 13.2 Å². The summed E-state index contributed by atoms with van der Waals surface area (Å²) >= 11 is 0. The Hall–Kier alpha value is -2.39. The zero-order valence-electron chi connectivity index (χ0n) is 23.1. The number of benzene rings is 3. The lowest BCUT2D eigenvalue weighted by Crippen LogP contribution is -2.66. The Morgan fingerprint density at radius 3 is 1.66 bits per heavy atom. The van der Waals surface area contributed by atoms with Gasteiger partial charge >= 0.3 is 13.3 Å². The third-order valence-corrected chi connectivity index (χ3v) is 12.8. The summed E-state index contributed by atoms with van der Waals surface area (Å²) in [6.07, 6.45) is -4.49. The summed E-state index contributed by atoms with van der Waals surface area (Å²) in [5.74, 6) is 0. The first-order valence-corrected chi connectivity index (χ1v) is 14.8. The van der Waals surface area contributed by atoms with Crippen LogP contribution in [0.3, 0.4) is 0 Å². The highest BCUT2D eigenvalue weighted by Crippen LogP contribution is 2.39. The van der Waals surface area contributed by atoms with Crippen LogP contribution >= 0.6 is 0 Å². The maximum atomic E-state index is 13.8. The molecule has 1 fully saturated rings. The third kappa shape index (κ3) is 5.24. The number of rotatable bonds is 6. The number of halogens is 3. The molecule has 0 bridgehead atoms. The minimum atomic E-state index is -4.49. The molecule has 0 aliphatic carbocycles. The van der Waals surface area contributed by atoms with Crippen LogP contribution in [0.4, 0.5) is 13.2 Å². The minimum Gasteiger partial charge on any atom is -0.403 e. The first kappa shape index (κ1) is 28.6. The van der Waals surface area contributed by atoms with Crippen LogP contribution in [0.2, 0.25) is 5.04 Å². The summed E-state index contributed by atoms with van der Waals surface area (Å²) < 4.78 is 60.9. The van der Waals surface area contributed by atoms with Crippen LogP contribution in [0.5, 0.6) is 0 Å². The first-order valence-electron chi connectivity index (χ1n) is 12.9. The fraction of sp³-hybridized carbons (Fsp3) is 0.400. The number of hydrogen-bond donors (Lipinski definition) is 0. The highest BCUT2D eigenvalue weighted by atomic mass is 28.4. The Morgan fingerprint density at radius 1 is 0.763 bits per heavy atom. The normalized spacial score (nSPS) is 17.6. The van der Waals surface area contributed by atoms with Gasteiger partial charge in [0.15, 0.2) is 0 Å². The van der Waals surface area contributed by atoms with Crippen molar-refractivity contribution >= 4 is 31.3 Å². The van der Waals surface area contributed by atoms with Gasteiger partial charge in [-0.05, 0) is 60.2 Å². The average molecular weight is 541 g/mol. The summed E-state index contributed by atoms with van der Waals surface area (Å²) in [4.78, 5) is 0. The Morgan fingerprint density at radius 2 is 1.24 bits per heavy atom. The summed E-state index contributed by atoms with van der Waals surface area (Å²) in [5.41, 5.74) is -1.02. The lowest BCUT2D eigenvalue weighted by molar-refractivity contribution is -0.137. The Kier molecular flexibility index (Phi) is 7.51. The van der Waals surface area contributed by atoms with Crippen molar-refractivity contribution in [3.8, 4) is 0 Å². The van der Waals surface area contributed by atoms with Crippen LogP contribution in [0.1, 0.15) is 59.6 Å². The van der Waals surface area contributed by atoms with Gasteiger partial charge < -0.3 is 13.7 Å². The van der Waals surface area contributed by atoms with Gasteiger partial charge in [0, 0.05) is 0 Å². The van der Waals surface area contributed by atoms with Gasteiger partial charge in [-0.2, -0.15) is 13.2 Å². The zero-order chi connectivity index (χ0) is 28.0. The molecule has 3 nitrogen and oxygen atoms in total. The lowest BCUT2D eigenvalue weighted by Gasteiger charge is -2.43. The molecule has 0 atom stereocenters. The summed E-state index contributed by atoms with van der Waals surface area (Å²) in [7, 11) is -3.78. The smallest absolute Gasteiger partial charge is 0.403 e. The Bertz CT molecular complexity index is 1200. The summed E-state index contributed by atoms with van der Waals surface area (Å²) in [5, 5.41) is 1.80. The van der Waals surface area contributed by atoms with Gasteiger partial charge in [-0.15, -0.1) is 0 Å². The van der Waals surface area contributed by atoms with E-state index in [0.717, 1.165) is 16.4 Å². The molecule has 3 aromatic rings. The molecule has 0 radical (unpaired) electrons. The standard InChI is InChI=1S/C30H36BF3O3Si/c1-27(2,3)38(24-14-10-8-11-15-24,25-16-12-9-13-17-25)35-21-22-20-23(30(32,33)34)18-19-26(22)31-36-28(4,5)29(6,7)37-31/h8-20H,21H2,1-7H3. The number of alkyl halides is 3. The van der Waals surface area contributed by atoms with E-state index in [1.807, 2.05) is 64.1 Å². The van der Waals surface area contributed by atoms with E-state index in [0.29, 0.717) is 11.0 Å². The molecule has 0 saturated carbocycles. The highest BCUT2D eigenvalue weighted by Gasteiger charge is 2.53. The second-order valence-electron chi connectivity index (χ2n) is 12.0. The highest BCUT2D eigenvalue weighted by molar-refractivity contribution is 6.99. The summed E-state index contributed by atoms with van der Waals surface area (Å²) in [6.45, 7) is 14.1. The van der Waals surface area contributed by atoms with Crippen LogP contribution in [0.15, 0.2) is 78.9 Å². The molecular formula is C30H36BF3O3Si. The second kappa shape index (κ2) is 9.97. The second-order valence-corrected chi connectivity index (χ2v) is 16.3. The van der Waals surface area contributed by atoms with E-state index < -0.39 is 38.4 Å². The van der Waals surface area contributed by atoms with E-state index in [-0.39, 0.29) is 11.6 Å². The van der Waals surface area contributed by atoms with Crippen LogP contribution in [-0.4, -0.2) is 26.6 Å². The number of hydrogen-bond acceptors (Lipinski definition) is 3. The van der Waals surface area contributed by atoms with Gasteiger partial charge in [0.1, 0.15) is 0 Å². The molecule has 1 aliphatic heterocycles. The van der Waals surface area contributed by atoms with Crippen molar-refractivity contribution in [2.75, 3.05) is 0 Å². The van der Waals surface area contributed by atoms with Crippen molar-refractivity contribution in [1.29, 1.82) is 0 Å². The molecule has 202 valence electrons. The molecule has 1 saturated heterocycles. The third-order valence-electron chi connectivity index (χ3n) is 7.84. The van der Waals surface area contributed by atoms with Crippen LogP contribution < -0.4 is 15.8 Å². The average Bonchev–Trinajstić information content (AvgIpc) is 3.06. The fourth-order valence-electron chi connectivity index (χ4n) is 5.05. The van der Waals surface area contributed by atoms with E-state index in [1.54, 1.807) is 0 Å². The van der Waals surface area contributed by atoms with Crippen molar-refractivity contribution in [1.82, 2.24) is 0 Å². The molecule has 0 spiro atoms. The molecule has 8 heteroatoms. The van der Waals surface area contributed by atoms with Crippen molar-refractivity contribution in [3.63, 3.8) is 0 Å². The van der Waals surface area contributed by atoms with E-state index >= 15 is 0 Å².